The van der Waals surface area contributed by atoms with Crippen molar-refractivity contribution in [3.63, 3.8) is 0 Å². The van der Waals surface area contributed by atoms with Gasteiger partial charge in [0.1, 0.15) is 5.82 Å². The number of hydrogen-bond acceptors (Lipinski definition) is 3. The molecule has 1 heterocycles. The summed E-state index contributed by atoms with van der Waals surface area (Å²) >= 11 is 0. The van der Waals surface area contributed by atoms with Crippen molar-refractivity contribution in [2.24, 2.45) is 0 Å². The first-order valence-electron chi connectivity index (χ1n) is 6.79. The topological polar surface area (TPSA) is 37.8 Å². The monoisotopic (exact) mass is 253 g/mol. The smallest absolute Gasteiger partial charge is 0.136 e. The van der Waals surface area contributed by atoms with Crippen LogP contribution >= 0.6 is 0 Å². The largest absolute Gasteiger partial charge is 0.319 e. The maximum atomic E-state index is 4.79. The Bertz CT molecular complexity index is 588. The Morgan fingerprint density at radius 2 is 2.11 bits per heavy atom. The maximum Gasteiger partial charge on any atom is 0.136 e. The highest BCUT2D eigenvalue weighted by atomic mass is 15.0. The summed E-state index contributed by atoms with van der Waals surface area (Å²) in [5.74, 6) is 0.987. The van der Waals surface area contributed by atoms with Crippen molar-refractivity contribution >= 4 is 0 Å². The van der Waals surface area contributed by atoms with E-state index in [1.807, 2.05) is 19.3 Å². The summed E-state index contributed by atoms with van der Waals surface area (Å²) in [6, 6.07) is 10.5. The Morgan fingerprint density at radius 1 is 1.26 bits per heavy atom. The molecule has 1 saturated carbocycles. The van der Waals surface area contributed by atoms with Gasteiger partial charge in [-0.25, -0.2) is 9.97 Å². The van der Waals surface area contributed by atoms with Gasteiger partial charge in [-0.1, -0.05) is 23.8 Å². The van der Waals surface area contributed by atoms with Crippen molar-refractivity contribution in [1.29, 1.82) is 0 Å². The van der Waals surface area contributed by atoms with E-state index >= 15 is 0 Å². The van der Waals surface area contributed by atoms with Gasteiger partial charge in [0.25, 0.3) is 0 Å². The number of nitrogens with zero attached hydrogens (tertiary/aromatic N) is 2. The summed E-state index contributed by atoms with van der Waals surface area (Å²) < 4.78 is 0. The van der Waals surface area contributed by atoms with Crippen molar-refractivity contribution in [3.8, 4) is 11.3 Å². The molecule has 0 radical (unpaired) electrons. The van der Waals surface area contributed by atoms with Gasteiger partial charge in [0.2, 0.25) is 0 Å². The van der Waals surface area contributed by atoms with Gasteiger partial charge in [-0.2, -0.15) is 0 Å². The van der Waals surface area contributed by atoms with Crippen molar-refractivity contribution < 1.29 is 0 Å². The van der Waals surface area contributed by atoms with Gasteiger partial charge in [-0.05, 0) is 38.9 Å². The summed E-state index contributed by atoms with van der Waals surface area (Å²) in [5, 5.41) is 3.26. The maximum absolute atomic E-state index is 4.79. The average molecular weight is 253 g/mol. The predicted octanol–water partition coefficient (Wildman–Crippen LogP) is 2.70. The minimum atomic E-state index is 0.175. The third-order valence-corrected chi connectivity index (χ3v) is 3.81. The zero-order chi connectivity index (χ0) is 13.3. The SMILES string of the molecule is CNCC1(c2nccc(-c3cccc(C)c3)n2)CC1. The van der Waals surface area contributed by atoms with Crippen LogP contribution in [0.3, 0.4) is 0 Å². The van der Waals surface area contributed by atoms with Crippen LogP contribution in [0.4, 0.5) is 0 Å². The predicted molar refractivity (Wildman–Crippen MR) is 77.0 cm³/mol. The number of aryl methyl sites for hydroxylation is 1. The molecule has 0 aliphatic heterocycles. The summed E-state index contributed by atoms with van der Waals surface area (Å²) in [6.07, 6.45) is 4.26. The average Bonchev–Trinajstić information content (AvgIpc) is 3.20. The van der Waals surface area contributed by atoms with Gasteiger partial charge in [-0.3, -0.25) is 0 Å². The summed E-state index contributed by atoms with van der Waals surface area (Å²) in [7, 11) is 1.99. The molecule has 1 aromatic heterocycles. The van der Waals surface area contributed by atoms with E-state index in [-0.39, 0.29) is 5.41 Å². The van der Waals surface area contributed by atoms with E-state index in [0.717, 1.165) is 18.1 Å². The van der Waals surface area contributed by atoms with Gasteiger partial charge < -0.3 is 5.32 Å². The Morgan fingerprint density at radius 3 is 2.79 bits per heavy atom. The number of nitrogens with one attached hydrogen (secondary N) is 1. The molecule has 3 nitrogen and oxygen atoms in total. The zero-order valence-corrected chi connectivity index (χ0v) is 11.5. The first-order chi connectivity index (χ1) is 9.23. The van der Waals surface area contributed by atoms with Crippen LogP contribution in [0.1, 0.15) is 24.2 Å². The molecule has 1 aliphatic rings. The van der Waals surface area contributed by atoms with E-state index in [9.17, 15) is 0 Å². The molecule has 98 valence electrons. The third kappa shape index (κ3) is 2.38. The van der Waals surface area contributed by atoms with Crippen molar-refractivity contribution in [2.45, 2.75) is 25.2 Å². The molecule has 0 atom stereocenters. The normalized spacial score (nSPS) is 16.3. The van der Waals surface area contributed by atoms with Crippen LogP contribution in [0.15, 0.2) is 36.5 Å². The quantitative estimate of drug-likeness (QED) is 0.910. The molecule has 1 fully saturated rings. The van der Waals surface area contributed by atoms with E-state index in [1.165, 1.54) is 24.0 Å². The van der Waals surface area contributed by atoms with E-state index in [2.05, 4.69) is 41.5 Å². The second-order valence-corrected chi connectivity index (χ2v) is 5.45. The molecule has 0 bridgehead atoms. The highest BCUT2D eigenvalue weighted by Gasteiger charge is 2.46. The van der Waals surface area contributed by atoms with Crippen LogP contribution in [0, 0.1) is 6.92 Å². The lowest BCUT2D eigenvalue weighted by Crippen LogP contribution is -2.25. The lowest BCUT2D eigenvalue weighted by Gasteiger charge is -2.13. The van der Waals surface area contributed by atoms with Gasteiger partial charge in [0.15, 0.2) is 0 Å². The fourth-order valence-corrected chi connectivity index (χ4v) is 2.55. The number of hydrogen-bond donors (Lipinski definition) is 1. The van der Waals surface area contributed by atoms with Crippen LogP contribution in [0.2, 0.25) is 0 Å². The van der Waals surface area contributed by atoms with Crippen molar-refractivity contribution in [2.75, 3.05) is 13.6 Å². The summed E-state index contributed by atoms with van der Waals surface area (Å²) in [6.45, 7) is 3.07. The molecule has 0 spiro atoms. The minimum absolute atomic E-state index is 0.175. The van der Waals surface area contributed by atoms with Crippen molar-refractivity contribution in [3.05, 3.63) is 47.9 Å². The fourth-order valence-electron chi connectivity index (χ4n) is 2.55. The van der Waals surface area contributed by atoms with E-state index in [1.54, 1.807) is 0 Å². The Labute approximate surface area is 114 Å². The second-order valence-electron chi connectivity index (χ2n) is 5.45. The third-order valence-electron chi connectivity index (χ3n) is 3.81. The Hall–Kier alpha value is -1.74. The van der Waals surface area contributed by atoms with Crippen LogP contribution in [0.5, 0.6) is 0 Å². The fraction of sp³-hybridized carbons (Fsp3) is 0.375. The highest BCUT2D eigenvalue weighted by molar-refractivity contribution is 5.59. The second kappa shape index (κ2) is 4.74. The molecule has 1 aliphatic carbocycles. The molecule has 1 aromatic carbocycles. The summed E-state index contributed by atoms with van der Waals surface area (Å²) in [5.41, 5.74) is 3.63. The molecule has 0 unspecified atom stereocenters. The van der Waals surface area contributed by atoms with Crippen LogP contribution < -0.4 is 5.32 Å². The zero-order valence-electron chi connectivity index (χ0n) is 11.5. The molecule has 3 rings (SSSR count). The van der Waals surface area contributed by atoms with Crippen molar-refractivity contribution in [1.82, 2.24) is 15.3 Å². The minimum Gasteiger partial charge on any atom is -0.319 e. The van der Waals surface area contributed by atoms with Gasteiger partial charge in [0, 0.05) is 23.7 Å². The van der Waals surface area contributed by atoms with Crippen LogP contribution in [-0.2, 0) is 5.41 Å². The molecule has 19 heavy (non-hydrogen) atoms. The summed E-state index contributed by atoms with van der Waals surface area (Å²) in [4.78, 5) is 9.27. The molecule has 1 N–H and O–H groups in total. The Kier molecular flexibility index (Phi) is 3.07. The van der Waals surface area contributed by atoms with Gasteiger partial charge in [0.05, 0.1) is 5.69 Å². The first kappa shape index (κ1) is 12.3. The van der Waals surface area contributed by atoms with Gasteiger partial charge >= 0.3 is 0 Å². The van der Waals surface area contributed by atoms with E-state index in [4.69, 9.17) is 4.98 Å². The van der Waals surface area contributed by atoms with Gasteiger partial charge in [-0.15, -0.1) is 0 Å². The molecule has 0 saturated heterocycles. The number of likely N-dealkylation sites (N-methyl/N-ethyl adjacent to an activating group) is 1. The van der Waals surface area contributed by atoms with Crippen LogP contribution in [-0.4, -0.2) is 23.6 Å². The standard InChI is InChI=1S/C16H19N3/c1-12-4-3-5-13(10-12)14-6-9-18-15(19-14)16(7-8-16)11-17-2/h3-6,9-10,17H,7-8,11H2,1-2H3. The van der Waals surface area contributed by atoms with E-state index < -0.39 is 0 Å². The first-order valence-corrected chi connectivity index (χ1v) is 6.79. The Balaban J connectivity index is 1.97. The molecule has 0 amide bonds. The van der Waals surface area contributed by atoms with Crippen LogP contribution in [0.25, 0.3) is 11.3 Å². The number of rotatable bonds is 4. The molecular formula is C16H19N3. The van der Waals surface area contributed by atoms with E-state index in [0.29, 0.717) is 0 Å². The number of aromatic nitrogens is 2. The lowest BCUT2D eigenvalue weighted by molar-refractivity contribution is 0.588. The highest BCUT2D eigenvalue weighted by Crippen LogP contribution is 2.46. The molecule has 3 heteroatoms. The molecular weight excluding hydrogens is 234 g/mol. The lowest BCUT2D eigenvalue weighted by atomic mass is 10.1. The molecule has 2 aromatic rings. The number of benzene rings is 1.